The standard InChI is InChI=1S/C13H11N3.2ClH/c14-10-5-7-11(8-6-10)16-9-15-12-3-1-2-4-13(12)16;;/h1-9H,14H2;2*1H. The van der Waals surface area contributed by atoms with Crippen molar-refractivity contribution in [3.05, 3.63) is 54.9 Å². The Bertz CT molecular complexity index is 632. The van der Waals surface area contributed by atoms with Gasteiger partial charge in [-0.1, -0.05) is 12.1 Å². The molecule has 0 aliphatic carbocycles. The van der Waals surface area contributed by atoms with Crippen LogP contribution in [0.15, 0.2) is 54.9 Å². The monoisotopic (exact) mass is 281 g/mol. The summed E-state index contributed by atoms with van der Waals surface area (Å²) in [6, 6.07) is 16.4. The number of fused-ring (bicyclic) bond motifs is 1. The average Bonchev–Trinajstić information content (AvgIpc) is 2.74. The van der Waals surface area contributed by atoms with Crippen LogP contribution in [-0.4, -0.2) is 4.98 Å². The Kier molecular flexibility index (Phi) is 4.73. The van der Waals surface area contributed by atoms with Crippen LogP contribution in [0.3, 0.4) is 0 Å². The van der Waals surface area contributed by atoms with Crippen LogP contribution in [0.4, 0.5) is 5.69 Å². The Labute approximate surface area is 117 Å². The van der Waals surface area contributed by atoms with Crippen molar-refractivity contribution in [1.82, 2.24) is 4.98 Å². The molecule has 4 N–H and O–H groups in total. The molecular weight excluding hydrogens is 269 g/mol. The van der Waals surface area contributed by atoms with Crippen molar-refractivity contribution in [1.29, 1.82) is 0 Å². The van der Waals surface area contributed by atoms with Crippen molar-refractivity contribution in [2.75, 3.05) is 0 Å². The number of hydrogen-bond donors (Lipinski definition) is 2. The summed E-state index contributed by atoms with van der Waals surface area (Å²) < 4.78 is 2.13. The Balaban J connectivity index is 0.000000810. The highest BCUT2D eigenvalue weighted by Crippen LogP contribution is 2.10. The van der Waals surface area contributed by atoms with Crippen molar-refractivity contribution >= 4 is 16.7 Å². The van der Waals surface area contributed by atoms with E-state index in [9.17, 15) is 0 Å². The van der Waals surface area contributed by atoms with Gasteiger partial charge in [-0.05, 0) is 24.3 Å². The van der Waals surface area contributed by atoms with Gasteiger partial charge in [0.1, 0.15) is 11.4 Å². The molecule has 0 saturated carbocycles. The number of aromatic amines is 1. The summed E-state index contributed by atoms with van der Waals surface area (Å²) in [6.07, 6.45) is 1.97. The number of quaternary nitrogens is 1. The lowest BCUT2D eigenvalue weighted by Crippen LogP contribution is -3.00. The summed E-state index contributed by atoms with van der Waals surface area (Å²) in [5.74, 6) is 0. The number of imidazole rings is 1. The second-order valence-corrected chi connectivity index (χ2v) is 3.83. The maximum absolute atomic E-state index is 3.89. The first kappa shape index (κ1) is 14.5. The van der Waals surface area contributed by atoms with E-state index in [4.69, 9.17) is 0 Å². The molecule has 0 atom stereocenters. The lowest BCUT2D eigenvalue weighted by atomic mass is 10.2. The lowest BCUT2D eigenvalue weighted by molar-refractivity contribution is -0.567. The first-order valence-electron chi connectivity index (χ1n) is 5.25. The third-order valence-corrected chi connectivity index (χ3v) is 2.73. The predicted octanol–water partition coefficient (Wildman–Crippen LogP) is -4.67. The van der Waals surface area contributed by atoms with Crippen LogP contribution in [0.5, 0.6) is 0 Å². The maximum atomic E-state index is 3.89. The van der Waals surface area contributed by atoms with Gasteiger partial charge in [0, 0.05) is 12.1 Å². The number of benzene rings is 2. The number of halogens is 2. The molecule has 18 heavy (non-hydrogen) atoms. The van der Waals surface area contributed by atoms with E-state index in [2.05, 4.69) is 39.6 Å². The molecule has 0 unspecified atom stereocenters. The van der Waals surface area contributed by atoms with Crippen molar-refractivity contribution in [3.63, 3.8) is 0 Å². The molecule has 94 valence electrons. The number of nitrogens with zero attached hydrogens (tertiary/aromatic N) is 1. The second kappa shape index (κ2) is 5.87. The summed E-state index contributed by atoms with van der Waals surface area (Å²) in [7, 11) is 0. The lowest BCUT2D eigenvalue weighted by Gasteiger charge is -1.96. The van der Waals surface area contributed by atoms with Gasteiger partial charge in [0.05, 0.1) is 0 Å². The van der Waals surface area contributed by atoms with Gasteiger partial charge in [0.25, 0.3) is 0 Å². The van der Waals surface area contributed by atoms with Crippen molar-refractivity contribution in [2.24, 2.45) is 0 Å². The van der Waals surface area contributed by atoms with Crippen LogP contribution in [-0.2, 0) is 0 Å². The van der Waals surface area contributed by atoms with Crippen molar-refractivity contribution < 1.29 is 35.1 Å². The Hall–Kier alpha value is -1.55. The molecule has 0 amide bonds. The van der Waals surface area contributed by atoms with E-state index in [-0.39, 0.29) is 24.8 Å². The highest BCUT2D eigenvalue weighted by atomic mass is 35.5. The average molecular weight is 282 g/mol. The fraction of sp³-hybridized carbons (Fsp3) is 0. The molecule has 1 heterocycles. The molecule has 2 aromatic carbocycles. The maximum Gasteiger partial charge on any atom is 0.247 e. The highest BCUT2D eigenvalue weighted by molar-refractivity contribution is 5.71. The van der Waals surface area contributed by atoms with Crippen LogP contribution in [0.1, 0.15) is 0 Å². The molecule has 0 spiro atoms. The van der Waals surface area contributed by atoms with E-state index < -0.39 is 0 Å². The molecule has 0 fully saturated rings. The van der Waals surface area contributed by atoms with Gasteiger partial charge in [0.15, 0.2) is 11.0 Å². The summed E-state index contributed by atoms with van der Waals surface area (Å²) in [4.78, 5) is 3.25. The molecule has 5 heteroatoms. The molecule has 3 nitrogen and oxygen atoms in total. The van der Waals surface area contributed by atoms with Crippen molar-refractivity contribution in [2.45, 2.75) is 0 Å². The topological polar surface area (TPSA) is 47.3 Å². The predicted molar refractivity (Wildman–Crippen MR) is 62.4 cm³/mol. The van der Waals surface area contributed by atoms with Gasteiger partial charge < -0.3 is 30.5 Å². The Morgan fingerprint density at radius 3 is 2.28 bits per heavy atom. The number of nitrogens with one attached hydrogen (secondary N) is 1. The van der Waals surface area contributed by atoms with E-state index >= 15 is 0 Å². The molecular formula is C13H13Cl2N3. The van der Waals surface area contributed by atoms with Crippen LogP contribution in [0.25, 0.3) is 16.7 Å². The van der Waals surface area contributed by atoms with Gasteiger partial charge in [0.2, 0.25) is 6.33 Å². The summed E-state index contributed by atoms with van der Waals surface area (Å²) >= 11 is 0. The number of rotatable bonds is 1. The van der Waals surface area contributed by atoms with E-state index in [1.807, 2.05) is 30.6 Å². The molecule has 0 radical (unpaired) electrons. The normalized spacial score (nSPS) is 9.61. The van der Waals surface area contributed by atoms with E-state index in [1.54, 1.807) is 0 Å². The number of hydrogen-bond acceptors (Lipinski definition) is 0. The van der Waals surface area contributed by atoms with Gasteiger partial charge in [-0.3, -0.25) is 0 Å². The van der Waals surface area contributed by atoms with Crippen molar-refractivity contribution in [3.8, 4) is 5.69 Å². The van der Waals surface area contributed by atoms with Crippen LogP contribution < -0.4 is 35.1 Å². The fourth-order valence-electron chi connectivity index (χ4n) is 1.88. The summed E-state index contributed by atoms with van der Waals surface area (Å²) in [5.41, 5.74) is 8.38. The van der Waals surface area contributed by atoms with E-state index in [0.29, 0.717) is 0 Å². The number of H-pyrrole nitrogens is 1. The van der Waals surface area contributed by atoms with E-state index in [1.165, 1.54) is 5.52 Å². The minimum atomic E-state index is 0. The quantitative estimate of drug-likeness (QED) is 0.422. The largest absolute Gasteiger partial charge is 1.00 e. The molecule has 0 bridgehead atoms. The zero-order chi connectivity index (χ0) is 11.0. The van der Waals surface area contributed by atoms with Gasteiger partial charge >= 0.3 is 0 Å². The highest BCUT2D eigenvalue weighted by Gasteiger charge is 2.10. The molecule has 3 rings (SSSR count). The van der Waals surface area contributed by atoms with Gasteiger partial charge in [-0.25, -0.2) is 4.98 Å². The molecule has 0 saturated heterocycles. The third-order valence-electron chi connectivity index (χ3n) is 2.73. The molecule has 3 aromatic rings. The first-order chi connectivity index (χ1) is 7.84. The molecule has 1 aromatic heterocycles. The Morgan fingerprint density at radius 1 is 0.889 bits per heavy atom. The van der Waals surface area contributed by atoms with E-state index in [0.717, 1.165) is 16.9 Å². The number of para-hydroxylation sites is 2. The van der Waals surface area contributed by atoms with Crippen LogP contribution >= 0.6 is 0 Å². The third kappa shape index (κ3) is 2.48. The Morgan fingerprint density at radius 2 is 1.56 bits per heavy atom. The SMILES string of the molecule is [Cl-].[Cl-].[NH3+]c1ccc(-[n+]2c[nH]c3ccccc32)cc1. The molecule has 0 aliphatic rings. The minimum absolute atomic E-state index is 0. The smallest absolute Gasteiger partial charge is 0.247 e. The summed E-state index contributed by atoms with van der Waals surface area (Å²) in [5, 5.41) is 0. The zero-order valence-electron chi connectivity index (χ0n) is 9.61. The second-order valence-electron chi connectivity index (χ2n) is 3.83. The van der Waals surface area contributed by atoms with Crippen LogP contribution in [0, 0.1) is 0 Å². The first-order valence-corrected chi connectivity index (χ1v) is 5.25. The fourth-order valence-corrected chi connectivity index (χ4v) is 1.88. The van der Waals surface area contributed by atoms with Gasteiger partial charge in [-0.15, -0.1) is 0 Å². The van der Waals surface area contributed by atoms with Crippen LogP contribution in [0.2, 0.25) is 0 Å². The minimum Gasteiger partial charge on any atom is -1.00 e. The number of aromatic nitrogens is 2. The zero-order valence-corrected chi connectivity index (χ0v) is 11.1. The summed E-state index contributed by atoms with van der Waals surface area (Å²) in [6.45, 7) is 0. The molecule has 0 aliphatic heterocycles. The van der Waals surface area contributed by atoms with Gasteiger partial charge in [-0.2, -0.15) is 4.57 Å².